The molecule has 0 bridgehead atoms. The summed E-state index contributed by atoms with van der Waals surface area (Å²) >= 11 is 0. The molecule has 4 rings (SSSR count). The van der Waals surface area contributed by atoms with Crippen molar-refractivity contribution < 1.29 is 5.11 Å². The van der Waals surface area contributed by atoms with Crippen molar-refractivity contribution in [1.29, 1.82) is 0 Å². The number of aromatic nitrogens is 5. The van der Waals surface area contributed by atoms with Gasteiger partial charge in [-0.3, -0.25) is 10.00 Å². The molecule has 7 nitrogen and oxygen atoms in total. The Morgan fingerprint density at radius 3 is 2.84 bits per heavy atom. The smallest absolute Gasteiger partial charge is 0.159 e. The molecule has 0 radical (unpaired) electrons. The molecule has 0 amide bonds. The zero-order valence-electron chi connectivity index (χ0n) is 14.9. The van der Waals surface area contributed by atoms with E-state index in [-0.39, 0.29) is 12.0 Å². The van der Waals surface area contributed by atoms with E-state index in [0.717, 1.165) is 53.5 Å². The summed E-state index contributed by atoms with van der Waals surface area (Å²) in [6.07, 6.45) is 2.37. The number of hydrogen-bond donors (Lipinski definition) is 2. The van der Waals surface area contributed by atoms with Gasteiger partial charge in [-0.15, -0.1) is 0 Å². The van der Waals surface area contributed by atoms with Crippen LogP contribution in [0.5, 0.6) is 0 Å². The lowest BCUT2D eigenvalue weighted by molar-refractivity contribution is 0.140. The van der Waals surface area contributed by atoms with Crippen LogP contribution in [0.4, 0.5) is 0 Å². The number of aliphatic hydroxyl groups is 1. The molecule has 7 heteroatoms. The number of likely N-dealkylation sites (tertiary alicyclic amines) is 1. The summed E-state index contributed by atoms with van der Waals surface area (Å²) in [5, 5.41) is 22.2. The lowest BCUT2D eigenvalue weighted by Gasteiger charge is -2.14. The Morgan fingerprint density at radius 1 is 1.24 bits per heavy atom. The predicted octanol–water partition coefficient (Wildman–Crippen LogP) is 1.41. The second kappa shape index (κ2) is 6.24. The third kappa shape index (κ3) is 3.17. The maximum atomic E-state index is 10.4. The molecule has 0 saturated carbocycles. The Hall–Kier alpha value is -2.25. The lowest BCUT2D eigenvalue weighted by Crippen LogP contribution is -2.21. The number of aryl methyl sites for hydroxylation is 3. The quantitative estimate of drug-likeness (QED) is 0.750. The molecule has 0 spiro atoms. The molecule has 1 aliphatic rings. The maximum Gasteiger partial charge on any atom is 0.159 e. The zero-order valence-corrected chi connectivity index (χ0v) is 14.9. The Morgan fingerprint density at radius 2 is 2.08 bits per heavy atom. The van der Waals surface area contributed by atoms with Crippen molar-refractivity contribution in [2.45, 2.75) is 39.8 Å². The largest absolute Gasteiger partial charge is 0.391 e. The molecule has 3 aromatic rings. The van der Waals surface area contributed by atoms with Crippen LogP contribution in [0.1, 0.15) is 28.3 Å². The Labute approximate surface area is 146 Å². The van der Waals surface area contributed by atoms with E-state index in [2.05, 4.69) is 31.2 Å². The molecule has 0 unspecified atom stereocenters. The fourth-order valence-electron chi connectivity index (χ4n) is 3.79. The normalized spacial score (nSPS) is 21.4. The van der Waals surface area contributed by atoms with Gasteiger partial charge in [-0.1, -0.05) is 0 Å². The number of nitrogens with one attached hydrogen (secondary N) is 1. The molecule has 132 valence electrons. The van der Waals surface area contributed by atoms with Crippen LogP contribution in [0.15, 0.2) is 18.3 Å². The highest BCUT2D eigenvalue weighted by Crippen LogP contribution is 2.24. The Bertz CT molecular complexity index is 898. The highest BCUT2D eigenvalue weighted by atomic mass is 16.3. The number of aromatic amines is 1. The maximum absolute atomic E-state index is 10.4. The van der Waals surface area contributed by atoms with Crippen molar-refractivity contribution in [2.75, 3.05) is 13.1 Å². The summed E-state index contributed by atoms with van der Waals surface area (Å²) in [5.41, 5.74) is 6.19. The van der Waals surface area contributed by atoms with Crippen LogP contribution in [0.2, 0.25) is 0 Å². The fourth-order valence-corrected chi connectivity index (χ4v) is 3.79. The van der Waals surface area contributed by atoms with Crippen molar-refractivity contribution in [3.05, 3.63) is 46.7 Å². The SMILES string of the molecule is Cc1cc(C)n2ncc(CN3C[C@@H](Cc4cc(C)[nH]n4)[C@H](O)C3)c2n1. The molecule has 3 aromatic heterocycles. The second-order valence-corrected chi connectivity index (χ2v) is 7.21. The first-order chi connectivity index (χ1) is 12.0. The Kier molecular flexibility index (Phi) is 4.05. The van der Waals surface area contributed by atoms with Crippen molar-refractivity contribution >= 4 is 5.65 Å². The highest BCUT2D eigenvalue weighted by molar-refractivity contribution is 5.47. The van der Waals surface area contributed by atoms with Gasteiger partial charge in [0.05, 0.1) is 18.0 Å². The van der Waals surface area contributed by atoms with Gasteiger partial charge in [0.15, 0.2) is 5.65 Å². The number of rotatable bonds is 4. The number of β-amino-alcohol motifs (C(OH)–C–C–N with tert-alkyl or cyclic N) is 1. The predicted molar refractivity (Wildman–Crippen MR) is 94.3 cm³/mol. The first-order valence-corrected chi connectivity index (χ1v) is 8.72. The number of hydrogen-bond acceptors (Lipinski definition) is 5. The van der Waals surface area contributed by atoms with Crippen LogP contribution in [0.25, 0.3) is 5.65 Å². The van der Waals surface area contributed by atoms with E-state index in [9.17, 15) is 5.11 Å². The van der Waals surface area contributed by atoms with Crippen LogP contribution < -0.4 is 0 Å². The molecule has 25 heavy (non-hydrogen) atoms. The highest BCUT2D eigenvalue weighted by Gasteiger charge is 2.32. The first-order valence-electron chi connectivity index (χ1n) is 8.72. The number of aliphatic hydroxyl groups excluding tert-OH is 1. The molecule has 2 N–H and O–H groups in total. The van der Waals surface area contributed by atoms with Gasteiger partial charge < -0.3 is 5.11 Å². The fraction of sp³-hybridized carbons (Fsp3) is 0.500. The molecule has 0 aromatic carbocycles. The van der Waals surface area contributed by atoms with Crippen LogP contribution in [-0.4, -0.2) is 54.0 Å². The van der Waals surface area contributed by atoms with Gasteiger partial charge in [-0.05, 0) is 39.3 Å². The molecule has 1 fully saturated rings. The van der Waals surface area contributed by atoms with Gasteiger partial charge in [0, 0.05) is 48.2 Å². The van der Waals surface area contributed by atoms with Gasteiger partial charge in [0.2, 0.25) is 0 Å². The van der Waals surface area contributed by atoms with Crippen LogP contribution >= 0.6 is 0 Å². The molecule has 2 atom stereocenters. The van der Waals surface area contributed by atoms with Gasteiger partial charge in [-0.2, -0.15) is 10.2 Å². The molecule has 4 heterocycles. The van der Waals surface area contributed by atoms with Crippen molar-refractivity contribution in [2.24, 2.45) is 5.92 Å². The number of nitrogens with zero attached hydrogens (tertiary/aromatic N) is 5. The van der Waals surface area contributed by atoms with Crippen molar-refractivity contribution in [3.63, 3.8) is 0 Å². The number of H-pyrrole nitrogens is 1. The molecule has 1 aliphatic heterocycles. The van der Waals surface area contributed by atoms with Crippen molar-refractivity contribution in [1.82, 2.24) is 29.7 Å². The summed E-state index contributed by atoms with van der Waals surface area (Å²) in [6.45, 7) is 8.33. The average Bonchev–Trinajstić information content (AvgIpc) is 3.22. The second-order valence-electron chi connectivity index (χ2n) is 7.21. The third-order valence-corrected chi connectivity index (χ3v) is 4.96. The first kappa shape index (κ1) is 16.2. The van der Waals surface area contributed by atoms with Gasteiger partial charge >= 0.3 is 0 Å². The summed E-state index contributed by atoms with van der Waals surface area (Å²) < 4.78 is 1.89. The Balaban J connectivity index is 1.49. The van der Waals surface area contributed by atoms with E-state index in [1.807, 2.05) is 37.5 Å². The third-order valence-electron chi connectivity index (χ3n) is 4.96. The van der Waals surface area contributed by atoms with E-state index in [4.69, 9.17) is 0 Å². The van der Waals surface area contributed by atoms with E-state index in [1.165, 1.54) is 0 Å². The van der Waals surface area contributed by atoms with E-state index in [0.29, 0.717) is 6.54 Å². The number of fused-ring (bicyclic) bond motifs is 1. The summed E-state index contributed by atoms with van der Waals surface area (Å²) in [5.74, 6) is 0.209. The van der Waals surface area contributed by atoms with Crippen molar-refractivity contribution in [3.8, 4) is 0 Å². The van der Waals surface area contributed by atoms with Crippen LogP contribution in [-0.2, 0) is 13.0 Å². The minimum Gasteiger partial charge on any atom is -0.391 e. The molecular formula is C18H24N6O. The van der Waals surface area contributed by atoms with Crippen LogP contribution in [0, 0.1) is 26.7 Å². The van der Waals surface area contributed by atoms with E-state index >= 15 is 0 Å². The summed E-state index contributed by atoms with van der Waals surface area (Å²) in [4.78, 5) is 6.93. The van der Waals surface area contributed by atoms with Gasteiger partial charge in [-0.25, -0.2) is 9.50 Å². The van der Waals surface area contributed by atoms with Gasteiger partial charge in [0.25, 0.3) is 0 Å². The van der Waals surface area contributed by atoms with Crippen LogP contribution in [0.3, 0.4) is 0 Å². The molecule has 0 aliphatic carbocycles. The standard InChI is InChI=1S/C18H24N6O/c1-11-4-13(3)24-18(20-11)15(7-19-24)9-23-8-14(17(25)10-23)6-16-5-12(2)21-22-16/h4-5,7,14,17,25H,6,8-10H2,1-3H3,(H,21,22)/t14-,17-/m1/s1. The minimum absolute atomic E-state index is 0.209. The minimum atomic E-state index is -0.324. The molecule has 1 saturated heterocycles. The van der Waals surface area contributed by atoms with Gasteiger partial charge in [0.1, 0.15) is 0 Å². The monoisotopic (exact) mass is 340 g/mol. The zero-order chi connectivity index (χ0) is 17.6. The summed E-state index contributed by atoms with van der Waals surface area (Å²) in [6, 6.07) is 4.08. The van der Waals surface area contributed by atoms with E-state index in [1.54, 1.807) is 0 Å². The topological polar surface area (TPSA) is 82.3 Å². The lowest BCUT2D eigenvalue weighted by atomic mass is 10.0. The summed E-state index contributed by atoms with van der Waals surface area (Å²) in [7, 11) is 0. The van der Waals surface area contributed by atoms with E-state index < -0.39 is 0 Å². The molecular weight excluding hydrogens is 316 g/mol. The average molecular weight is 340 g/mol.